The lowest BCUT2D eigenvalue weighted by atomic mass is 10.1. The lowest BCUT2D eigenvalue weighted by Crippen LogP contribution is -2.27. The van der Waals surface area contributed by atoms with Crippen molar-refractivity contribution >= 4 is 13.8 Å². The molecule has 0 fully saturated rings. The van der Waals surface area contributed by atoms with E-state index in [1.165, 1.54) is 89.9 Å². The Morgan fingerprint density at radius 2 is 1.13 bits per heavy atom. The van der Waals surface area contributed by atoms with E-state index in [0.29, 0.717) is 6.42 Å². The molecule has 0 aromatic heterocycles. The first-order valence-electron chi connectivity index (χ1n) is 18.5. The van der Waals surface area contributed by atoms with E-state index in [-0.39, 0.29) is 32.3 Å². The summed E-state index contributed by atoms with van der Waals surface area (Å²) in [5.74, 6) is -0.368. The monoisotopic (exact) mass is 671 g/mol. The summed E-state index contributed by atoms with van der Waals surface area (Å²) in [5.41, 5.74) is 5.34. The lowest BCUT2D eigenvalue weighted by Gasteiger charge is -2.19. The maximum absolute atomic E-state index is 12.5. The van der Waals surface area contributed by atoms with Crippen LogP contribution in [0, 0.1) is 0 Å². The van der Waals surface area contributed by atoms with E-state index in [2.05, 4.69) is 38.2 Å². The number of hydrogen-bond donors (Lipinski definition) is 2. The van der Waals surface area contributed by atoms with E-state index in [4.69, 9.17) is 24.3 Å². The number of rotatable bonds is 35. The first-order chi connectivity index (χ1) is 22.4. The summed E-state index contributed by atoms with van der Waals surface area (Å²) >= 11 is 0. The largest absolute Gasteiger partial charge is 0.498 e. The van der Waals surface area contributed by atoms with Crippen molar-refractivity contribution < 1.29 is 32.8 Å². The van der Waals surface area contributed by atoms with Crippen LogP contribution in [0.3, 0.4) is 0 Å². The molecule has 0 aromatic carbocycles. The van der Waals surface area contributed by atoms with Gasteiger partial charge < -0.3 is 20.1 Å². The van der Waals surface area contributed by atoms with Gasteiger partial charge in [-0.2, -0.15) is 0 Å². The molecule has 3 N–H and O–H groups in total. The molecule has 2 unspecified atom stereocenters. The van der Waals surface area contributed by atoms with Gasteiger partial charge in [-0.3, -0.25) is 13.8 Å². The molecule has 8 nitrogen and oxygen atoms in total. The minimum Gasteiger partial charge on any atom is -0.498 e. The van der Waals surface area contributed by atoms with Crippen LogP contribution in [0.5, 0.6) is 0 Å². The number of allylic oxidation sites excluding steroid dienone is 5. The molecule has 0 rings (SSSR count). The van der Waals surface area contributed by atoms with Gasteiger partial charge in [-0.25, -0.2) is 4.57 Å². The van der Waals surface area contributed by atoms with Gasteiger partial charge >= 0.3 is 13.8 Å². The van der Waals surface area contributed by atoms with Crippen molar-refractivity contribution in [1.82, 2.24) is 0 Å². The highest BCUT2D eigenvalue weighted by Gasteiger charge is 2.25. The van der Waals surface area contributed by atoms with Gasteiger partial charge in [0.1, 0.15) is 6.61 Å². The third kappa shape index (κ3) is 33.9. The van der Waals surface area contributed by atoms with Gasteiger partial charge in [0, 0.05) is 13.0 Å². The predicted molar refractivity (Wildman–Crippen MR) is 192 cm³/mol. The molecule has 0 amide bonds. The SMILES string of the molecule is CCCCC=CCCCCCCCC(=O)OC(COC=CCCCCCCC=CCCCCCCCC)COP(=O)(O)OCCN. The van der Waals surface area contributed by atoms with Crippen molar-refractivity contribution in [3.8, 4) is 0 Å². The standard InChI is InChI=1S/C37H70NO7P/c1-3-5-7-9-11-13-15-16-17-18-19-21-23-25-27-29-32-42-34-36(35-44-46(40,41)43-33-31-38)45-37(39)30-28-26-24-22-20-14-12-10-8-6-4-2/h10,12,16-17,29,32,36H,3-9,11,13-15,18-28,30-31,33-35,38H2,1-2H3,(H,40,41). The van der Waals surface area contributed by atoms with E-state index in [9.17, 15) is 14.3 Å². The Bertz CT molecular complexity index is 803. The van der Waals surface area contributed by atoms with Crippen LogP contribution < -0.4 is 5.73 Å². The van der Waals surface area contributed by atoms with Crippen LogP contribution in [0.2, 0.25) is 0 Å². The Balaban J connectivity index is 4.18. The summed E-state index contributed by atoms with van der Waals surface area (Å²) in [5, 5.41) is 0. The first kappa shape index (κ1) is 44.6. The van der Waals surface area contributed by atoms with Crippen molar-refractivity contribution in [1.29, 1.82) is 0 Å². The number of esters is 1. The van der Waals surface area contributed by atoms with Crippen LogP contribution in [-0.4, -0.2) is 43.3 Å². The number of carbonyl (C=O) groups is 1. The Kier molecular flexibility index (Phi) is 33.8. The second kappa shape index (κ2) is 34.9. The zero-order chi connectivity index (χ0) is 33.8. The van der Waals surface area contributed by atoms with Crippen LogP contribution in [0.1, 0.15) is 162 Å². The number of phosphoric ester groups is 1. The highest BCUT2D eigenvalue weighted by atomic mass is 31.2. The molecule has 0 aliphatic carbocycles. The highest BCUT2D eigenvalue weighted by Crippen LogP contribution is 2.43. The molecule has 0 aliphatic heterocycles. The van der Waals surface area contributed by atoms with Gasteiger partial charge in [-0.1, -0.05) is 115 Å². The molecule has 0 saturated heterocycles. The first-order valence-corrected chi connectivity index (χ1v) is 20.0. The second-order valence-corrected chi connectivity index (χ2v) is 13.6. The maximum atomic E-state index is 12.5. The smallest absolute Gasteiger partial charge is 0.472 e. The molecule has 0 bridgehead atoms. The minimum absolute atomic E-state index is 0.0238. The molecule has 2 atom stereocenters. The number of phosphoric acid groups is 1. The summed E-state index contributed by atoms with van der Waals surface area (Å²) in [6, 6.07) is 0. The molecule has 0 aliphatic rings. The summed E-state index contributed by atoms with van der Waals surface area (Å²) < 4.78 is 33.0. The minimum atomic E-state index is -4.29. The third-order valence-electron chi connectivity index (χ3n) is 7.59. The lowest BCUT2D eigenvalue weighted by molar-refractivity contribution is -0.153. The van der Waals surface area contributed by atoms with Crippen LogP contribution in [0.4, 0.5) is 0 Å². The summed E-state index contributed by atoms with van der Waals surface area (Å²) in [4.78, 5) is 22.3. The third-order valence-corrected chi connectivity index (χ3v) is 8.58. The predicted octanol–water partition coefficient (Wildman–Crippen LogP) is 10.6. The average Bonchev–Trinajstić information content (AvgIpc) is 3.04. The molecule has 0 spiro atoms. The van der Waals surface area contributed by atoms with Gasteiger partial charge in [0.15, 0.2) is 6.10 Å². The van der Waals surface area contributed by atoms with Gasteiger partial charge in [0.2, 0.25) is 0 Å². The fourth-order valence-electron chi connectivity index (χ4n) is 4.82. The van der Waals surface area contributed by atoms with E-state index < -0.39 is 13.9 Å². The van der Waals surface area contributed by atoms with Crippen molar-refractivity contribution in [3.63, 3.8) is 0 Å². The molecule has 46 heavy (non-hydrogen) atoms. The fraction of sp³-hybridized carbons (Fsp3) is 0.811. The molecule has 0 radical (unpaired) electrons. The van der Waals surface area contributed by atoms with Gasteiger partial charge in [-0.15, -0.1) is 0 Å². The van der Waals surface area contributed by atoms with Gasteiger partial charge in [0.25, 0.3) is 0 Å². The Morgan fingerprint density at radius 1 is 0.652 bits per heavy atom. The molecule has 270 valence electrons. The van der Waals surface area contributed by atoms with E-state index >= 15 is 0 Å². The van der Waals surface area contributed by atoms with Crippen LogP contribution in [-0.2, 0) is 27.9 Å². The van der Waals surface area contributed by atoms with Crippen molar-refractivity contribution in [2.45, 2.75) is 168 Å². The number of hydrogen-bond acceptors (Lipinski definition) is 7. The number of unbranched alkanes of at least 4 members (excludes halogenated alkanes) is 18. The van der Waals surface area contributed by atoms with Crippen molar-refractivity contribution in [3.05, 3.63) is 36.6 Å². The quantitative estimate of drug-likeness (QED) is 0.0225. The van der Waals surface area contributed by atoms with Crippen molar-refractivity contribution in [2.75, 3.05) is 26.4 Å². The van der Waals surface area contributed by atoms with E-state index in [0.717, 1.165) is 51.4 Å². The Hall–Kier alpha value is -1.44. The Morgan fingerprint density at radius 3 is 1.67 bits per heavy atom. The normalized spacial score (nSPS) is 14.0. The maximum Gasteiger partial charge on any atom is 0.472 e. The van der Waals surface area contributed by atoms with Crippen molar-refractivity contribution in [2.24, 2.45) is 5.73 Å². The van der Waals surface area contributed by atoms with E-state index in [1.54, 1.807) is 6.26 Å². The fourth-order valence-corrected chi connectivity index (χ4v) is 5.58. The van der Waals surface area contributed by atoms with E-state index in [1.807, 2.05) is 6.08 Å². The topological polar surface area (TPSA) is 117 Å². The molecule has 0 saturated carbocycles. The average molecular weight is 672 g/mol. The number of carbonyl (C=O) groups excluding carboxylic acids is 1. The zero-order valence-corrected chi connectivity index (χ0v) is 30.4. The molecule has 9 heteroatoms. The summed E-state index contributed by atoms with van der Waals surface area (Å²) in [7, 11) is -4.29. The zero-order valence-electron chi connectivity index (χ0n) is 29.6. The summed E-state index contributed by atoms with van der Waals surface area (Å²) in [6.45, 7) is 4.16. The number of ether oxygens (including phenoxy) is 2. The molecular weight excluding hydrogens is 601 g/mol. The van der Waals surface area contributed by atoms with Crippen LogP contribution in [0.25, 0.3) is 0 Å². The molecule has 0 aromatic rings. The summed E-state index contributed by atoms with van der Waals surface area (Å²) in [6.07, 6.45) is 38.2. The molecular formula is C37H70NO7P. The number of nitrogens with two attached hydrogens (primary N) is 1. The highest BCUT2D eigenvalue weighted by molar-refractivity contribution is 7.47. The second-order valence-electron chi connectivity index (χ2n) is 12.1. The van der Waals surface area contributed by atoms with Crippen LogP contribution >= 0.6 is 7.82 Å². The molecule has 0 heterocycles. The van der Waals surface area contributed by atoms with Crippen LogP contribution in [0.15, 0.2) is 36.6 Å². The Labute approximate surface area is 282 Å². The van der Waals surface area contributed by atoms with Gasteiger partial charge in [-0.05, 0) is 70.3 Å². The van der Waals surface area contributed by atoms with Gasteiger partial charge in [0.05, 0.1) is 19.5 Å².